The van der Waals surface area contributed by atoms with Gasteiger partial charge in [0.2, 0.25) is 0 Å². The highest BCUT2D eigenvalue weighted by Crippen LogP contribution is 2.16. The summed E-state index contributed by atoms with van der Waals surface area (Å²) < 4.78 is 1.77. The molecule has 0 amide bonds. The van der Waals surface area contributed by atoms with Gasteiger partial charge >= 0.3 is 0 Å². The van der Waals surface area contributed by atoms with Gasteiger partial charge in [-0.05, 0) is 17.7 Å². The number of pyridine rings is 1. The third-order valence-corrected chi connectivity index (χ3v) is 2.12. The number of aryl methyl sites for hydroxylation is 1. The molecule has 0 spiro atoms. The van der Waals surface area contributed by atoms with E-state index in [1.807, 2.05) is 18.3 Å². The topological polar surface area (TPSA) is 47.8 Å². The van der Waals surface area contributed by atoms with Crippen molar-refractivity contribution >= 4 is 6.29 Å². The van der Waals surface area contributed by atoms with Crippen LogP contribution in [0.4, 0.5) is 0 Å². The van der Waals surface area contributed by atoms with E-state index in [9.17, 15) is 4.79 Å². The van der Waals surface area contributed by atoms with Gasteiger partial charge in [-0.15, -0.1) is 0 Å². The molecule has 2 heterocycles. The molecule has 2 aromatic rings. The van der Waals surface area contributed by atoms with Crippen LogP contribution in [0.1, 0.15) is 6.42 Å². The van der Waals surface area contributed by atoms with Crippen molar-refractivity contribution in [2.75, 3.05) is 0 Å². The predicted octanol–water partition coefficient (Wildman–Crippen LogP) is 1.53. The molecule has 0 saturated heterocycles. The first-order chi connectivity index (χ1) is 7.40. The van der Waals surface area contributed by atoms with E-state index in [4.69, 9.17) is 0 Å². The van der Waals surface area contributed by atoms with Crippen LogP contribution in [0.2, 0.25) is 0 Å². The second-order valence-electron chi connectivity index (χ2n) is 3.18. The van der Waals surface area contributed by atoms with E-state index in [-0.39, 0.29) is 0 Å². The van der Waals surface area contributed by atoms with Crippen LogP contribution >= 0.6 is 0 Å². The lowest BCUT2D eigenvalue weighted by Gasteiger charge is -1.95. The zero-order valence-corrected chi connectivity index (χ0v) is 8.21. The van der Waals surface area contributed by atoms with E-state index in [1.165, 1.54) is 0 Å². The quantitative estimate of drug-likeness (QED) is 0.705. The number of aromatic nitrogens is 3. The van der Waals surface area contributed by atoms with Crippen molar-refractivity contribution in [3.05, 3.63) is 36.9 Å². The van der Waals surface area contributed by atoms with Crippen molar-refractivity contribution in [3.63, 3.8) is 0 Å². The van der Waals surface area contributed by atoms with Crippen molar-refractivity contribution in [1.82, 2.24) is 14.8 Å². The number of nitrogens with zero attached hydrogens (tertiary/aromatic N) is 3. The van der Waals surface area contributed by atoms with Crippen LogP contribution in [-0.4, -0.2) is 21.1 Å². The molecular weight excluding hydrogens is 190 g/mol. The Balaban J connectivity index is 2.17. The second kappa shape index (κ2) is 4.50. The summed E-state index contributed by atoms with van der Waals surface area (Å²) in [6.07, 6.45) is 8.61. The third kappa shape index (κ3) is 2.28. The third-order valence-electron chi connectivity index (χ3n) is 2.12. The predicted molar refractivity (Wildman–Crippen MR) is 56.1 cm³/mol. The molecule has 4 nitrogen and oxygen atoms in total. The zero-order valence-electron chi connectivity index (χ0n) is 8.21. The van der Waals surface area contributed by atoms with Gasteiger partial charge in [-0.25, -0.2) is 0 Å². The normalized spacial score (nSPS) is 10.1. The molecule has 0 aromatic carbocycles. The van der Waals surface area contributed by atoms with E-state index < -0.39 is 0 Å². The summed E-state index contributed by atoms with van der Waals surface area (Å²) in [5, 5.41) is 4.17. The fourth-order valence-corrected chi connectivity index (χ4v) is 1.36. The number of aldehydes is 1. The molecule has 0 unspecified atom stereocenters. The van der Waals surface area contributed by atoms with Gasteiger partial charge in [0.25, 0.3) is 0 Å². The van der Waals surface area contributed by atoms with Crippen LogP contribution < -0.4 is 0 Å². The lowest BCUT2D eigenvalue weighted by molar-refractivity contribution is -0.108. The molecular formula is C11H11N3O. The zero-order chi connectivity index (χ0) is 10.5. The van der Waals surface area contributed by atoms with E-state index in [0.717, 1.165) is 17.4 Å². The maximum Gasteiger partial charge on any atom is 0.121 e. The van der Waals surface area contributed by atoms with Crippen LogP contribution in [0.5, 0.6) is 0 Å². The van der Waals surface area contributed by atoms with Crippen molar-refractivity contribution in [1.29, 1.82) is 0 Å². The average Bonchev–Trinajstić information content (AvgIpc) is 2.76. The van der Waals surface area contributed by atoms with Gasteiger partial charge in [0.05, 0.1) is 6.20 Å². The lowest BCUT2D eigenvalue weighted by Crippen LogP contribution is -1.97. The first kappa shape index (κ1) is 9.58. The summed E-state index contributed by atoms with van der Waals surface area (Å²) in [6, 6.07) is 3.86. The maximum atomic E-state index is 10.2. The van der Waals surface area contributed by atoms with E-state index in [1.54, 1.807) is 23.3 Å². The Morgan fingerprint density at radius 3 is 2.80 bits per heavy atom. The molecule has 0 radical (unpaired) electrons. The monoisotopic (exact) mass is 201 g/mol. The first-order valence-corrected chi connectivity index (χ1v) is 4.76. The minimum Gasteiger partial charge on any atom is -0.303 e. The van der Waals surface area contributed by atoms with Crippen molar-refractivity contribution < 1.29 is 4.79 Å². The Labute approximate surface area is 87.6 Å². The molecule has 0 bridgehead atoms. The summed E-state index contributed by atoms with van der Waals surface area (Å²) in [7, 11) is 0. The van der Waals surface area contributed by atoms with E-state index in [2.05, 4.69) is 10.1 Å². The van der Waals surface area contributed by atoms with E-state index in [0.29, 0.717) is 13.0 Å². The van der Waals surface area contributed by atoms with Gasteiger partial charge in [-0.2, -0.15) is 5.10 Å². The maximum absolute atomic E-state index is 10.2. The molecule has 2 aromatic heterocycles. The Bertz CT molecular complexity index is 436. The summed E-state index contributed by atoms with van der Waals surface area (Å²) in [5.74, 6) is 0. The number of hydrogen-bond acceptors (Lipinski definition) is 3. The van der Waals surface area contributed by atoms with Crippen LogP contribution in [0.3, 0.4) is 0 Å². The van der Waals surface area contributed by atoms with E-state index >= 15 is 0 Å². The molecule has 2 rings (SSSR count). The summed E-state index contributed by atoms with van der Waals surface area (Å²) in [6.45, 7) is 0.634. The highest BCUT2D eigenvalue weighted by atomic mass is 16.1. The Hall–Kier alpha value is -1.97. The molecule has 0 fully saturated rings. The minimum atomic E-state index is 0.497. The van der Waals surface area contributed by atoms with Gasteiger partial charge in [0.1, 0.15) is 6.29 Å². The van der Waals surface area contributed by atoms with Crippen molar-refractivity contribution in [2.24, 2.45) is 0 Å². The van der Waals surface area contributed by atoms with Gasteiger partial charge in [0, 0.05) is 37.1 Å². The van der Waals surface area contributed by atoms with Gasteiger partial charge in [0.15, 0.2) is 0 Å². The molecule has 0 atom stereocenters. The fourth-order valence-electron chi connectivity index (χ4n) is 1.36. The minimum absolute atomic E-state index is 0.497. The fraction of sp³-hybridized carbons (Fsp3) is 0.182. The Kier molecular flexibility index (Phi) is 2.88. The van der Waals surface area contributed by atoms with Gasteiger partial charge < -0.3 is 4.79 Å². The van der Waals surface area contributed by atoms with Crippen LogP contribution in [0.15, 0.2) is 36.9 Å². The number of carbonyl (C=O) groups is 1. The number of carbonyl (C=O) groups excluding carboxylic acids is 1. The lowest BCUT2D eigenvalue weighted by atomic mass is 10.1. The molecule has 0 aliphatic carbocycles. The van der Waals surface area contributed by atoms with Crippen LogP contribution in [0, 0.1) is 0 Å². The molecule has 0 aliphatic rings. The molecule has 0 aliphatic heterocycles. The van der Waals surface area contributed by atoms with Crippen molar-refractivity contribution in [2.45, 2.75) is 13.0 Å². The Morgan fingerprint density at radius 1 is 1.27 bits per heavy atom. The van der Waals surface area contributed by atoms with Gasteiger partial charge in [-0.3, -0.25) is 9.67 Å². The number of hydrogen-bond donors (Lipinski definition) is 0. The highest BCUT2D eigenvalue weighted by molar-refractivity contribution is 5.60. The molecule has 15 heavy (non-hydrogen) atoms. The largest absolute Gasteiger partial charge is 0.303 e. The smallest absolute Gasteiger partial charge is 0.121 e. The van der Waals surface area contributed by atoms with Crippen LogP contribution in [0.25, 0.3) is 11.1 Å². The van der Waals surface area contributed by atoms with Crippen molar-refractivity contribution in [3.8, 4) is 11.1 Å². The highest BCUT2D eigenvalue weighted by Gasteiger charge is 2.00. The summed E-state index contributed by atoms with van der Waals surface area (Å²) >= 11 is 0. The first-order valence-electron chi connectivity index (χ1n) is 4.76. The standard InChI is InChI=1S/C11H11N3O/c15-7-1-6-14-9-11(8-13-14)10-2-4-12-5-3-10/h2-5,7-9H,1,6H2. The Morgan fingerprint density at radius 2 is 2.07 bits per heavy atom. The SMILES string of the molecule is O=CCCn1cc(-c2ccncc2)cn1. The second-order valence-corrected chi connectivity index (χ2v) is 3.18. The molecule has 0 saturated carbocycles. The summed E-state index contributed by atoms with van der Waals surface area (Å²) in [4.78, 5) is 14.2. The van der Waals surface area contributed by atoms with Crippen LogP contribution in [-0.2, 0) is 11.3 Å². The molecule has 76 valence electrons. The molecule has 4 heteroatoms. The number of rotatable bonds is 4. The molecule has 0 N–H and O–H groups in total. The van der Waals surface area contributed by atoms with Gasteiger partial charge in [-0.1, -0.05) is 0 Å². The summed E-state index contributed by atoms with van der Waals surface area (Å²) in [5.41, 5.74) is 2.13. The average molecular weight is 201 g/mol.